The van der Waals surface area contributed by atoms with Crippen LogP contribution in [-0.2, 0) is 16.9 Å². The molecule has 12 heavy (non-hydrogen) atoms. The molecule has 4 heteroatoms. The molecule has 1 aromatic rings. The minimum atomic E-state index is -1.14. The number of halogens is 2. The minimum Gasteiger partial charge on any atom is -0.616 e. The van der Waals surface area contributed by atoms with Gasteiger partial charge >= 0.3 is 0 Å². The Bertz CT molecular complexity index is 276. The van der Waals surface area contributed by atoms with Crippen molar-refractivity contribution in [2.75, 3.05) is 6.26 Å². The maximum Gasteiger partial charge on any atom is 0.133 e. The molecule has 0 unspecified atom stereocenters. The zero-order valence-electron chi connectivity index (χ0n) is 6.51. The largest absolute Gasteiger partial charge is 0.616 e. The van der Waals surface area contributed by atoms with Crippen molar-refractivity contribution in [3.8, 4) is 0 Å². The number of rotatable bonds is 2. The number of benzene rings is 1. The summed E-state index contributed by atoms with van der Waals surface area (Å²) in [5.41, 5.74) is 0.163. The van der Waals surface area contributed by atoms with Crippen molar-refractivity contribution in [1.29, 1.82) is 0 Å². The lowest BCUT2D eigenvalue weighted by molar-refractivity contribution is 0.581. The topological polar surface area (TPSA) is 23.1 Å². The summed E-state index contributed by atoms with van der Waals surface area (Å²) >= 11 is -1.14. The van der Waals surface area contributed by atoms with E-state index in [-0.39, 0.29) is 11.3 Å². The van der Waals surface area contributed by atoms with Crippen molar-refractivity contribution in [3.63, 3.8) is 0 Å². The van der Waals surface area contributed by atoms with Crippen molar-refractivity contribution in [3.05, 3.63) is 35.4 Å². The predicted molar refractivity (Wildman–Crippen MR) is 44.1 cm³/mol. The Kier molecular flexibility index (Phi) is 3.05. The zero-order chi connectivity index (χ0) is 9.14. The van der Waals surface area contributed by atoms with Gasteiger partial charge in [-0.2, -0.15) is 0 Å². The SMILES string of the molecule is C[S@+]([O-])Cc1cc(F)ccc1F. The molecule has 0 saturated carbocycles. The summed E-state index contributed by atoms with van der Waals surface area (Å²) in [5, 5.41) is 0. The van der Waals surface area contributed by atoms with Gasteiger partial charge in [0.1, 0.15) is 17.4 Å². The quantitative estimate of drug-likeness (QED) is 0.652. The van der Waals surface area contributed by atoms with Gasteiger partial charge in [0, 0.05) is 5.56 Å². The Morgan fingerprint density at radius 2 is 2.08 bits per heavy atom. The van der Waals surface area contributed by atoms with Crippen molar-refractivity contribution in [2.24, 2.45) is 0 Å². The standard InChI is InChI=1S/C8H8F2OS/c1-12(11)5-6-4-7(9)2-3-8(6)10/h2-4H,5H2,1H3/t12-/m0/s1. The molecule has 0 amide bonds. The van der Waals surface area contributed by atoms with Crippen LogP contribution in [0, 0.1) is 11.6 Å². The molecule has 0 heterocycles. The summed E-state index contributed by atoms with van der Waals surface area (Å²) in [5.74, 6) is -0.952. The molecule has 0 spiro atoms. The summed E-state index contributed by atoms with van der Waals surface area (Å²) in [6.07, 6.45) is 1.45. The summed E-state index contributed by atoms with van der Waals surface area (Å²) < 4.78 is 36.1. The second kappa shape index (κ2) is 3.87. The third-order valence-corrected chi connectivity index (χ3v) is 2.08. The van der Waals surface area contributed by atoms with Crippen molar-refractivity contribution in [2.45, 2.75) is 5.75 Å². The maximum atomic E-state index is 12.8. The highest BCUT2D eigenvalue weighted by Gasteiger charge is 2.08. The zero-order valence-corrected chi connectivity index (χ0v) is 7.33. The van der Waals surface area contributed by atoms with Gasteiger partial charge in [0.05, 0.1) is 6.26 Å². The van der Waals surface area contributed by atoms with E-state index in [0.29, 0.717) is 0 Å². The molecule has 0 N–H and O–H groups in total. The molecule has 0 radical (unpaired) electrons. The fraction of sp³-hybridized carbons (Fsp3) is 0.250. The highest BCUT2D eigenvalue weighted by Crippen LogP contribution is 2.12. The van der Waals surface area contributed by atoms with E-state index in [4.69, 9.17) is 0 Å². The van der Waals surface area contributed by atoms with Gasteiger partial charge in [-0.05, 0) is 18.2 Å². The lowest BCUT2D eigenvalue weighted by atomic mass is 10.2. The van der Waals surface area contributed by atoms with Crippen LogP contribution in [0.15, 0.2) is 18.2 Å². The molecule has 0 aromatic heterocycles. The lowest BCUT2D eigenvalue weighted by Gasteiger charge is -2.05. The van der Waals surface area contributed by atoms with Crippen LogP contribution in [-0.4, -0.2) is 10.8 Å². The fourth-order valence-corrected chi connectivity index (χ4v) is 1.53. The summed E-state index contributed by atoms with van der Waals surface area (Å²) in [7, 11) is 0. The van der Waals surface area contributed by atoms with Crippen molar-refractivity contribution in [1.82, 2.24) is 0 Å². The van der Waals surface area contributed by atoms with E-state index in [1.165, 1.54) is 6.26 Å². The van der Waals surface area contributed by atoms with E-state index in [2.05, 4.69) is 0 Å². The molecule has 1 aromatic carbocycles. The summed E-state index contributed by atoms with van der Waals surface area (Å²) in [6.45, 7) is 0. The summed E-state index contributed by atoms with van der Waals surface area (Å²) in [6, 6.07) is 3.14. The lowest BCUT2D eigenvalue weighted by Crippen LogP contribution is -2.03. The third kappa shape index (κ3) is 2.46. The second-order valence-electron chi connectivity index (χ2n) is 2.45. The molecule has 0 bridgehead atoms. The molecule has 1 atom stereocenters. The smallest absolute Gasteiger partial charge is 0.133 e. The van der Waals surface area contributed by atoms with Crippen LogP contribution in [0.4, 0.5) is 8.78 Å². The van der Waals surface area contributed by atoms with Crippen LogP contribution < -0.4 is 0 Å². The maximum absolute atomic E-state index is 12.8. The van der Waals surface area contributed by atoms with Gasteiger partial charge in [0.2, 0.25) is 0 Å². The van der Waals surface area contributed by atoms with Crippen LogP contribution in [0.3, 0.4) is 0 Å². The van der Waals surface area contributed by atoms with Crippen molar-refractivity contribution < 1.29 is 13.3 Å². The van der Waals surface area contributed by atoms with Crippen molar-refractivity contribution >= 4 is 11.2 Å². The Morgan fingerprint density at radius 3 is 2.67 bits per heavy atom. The fourth-order valence-electron chi connectivity index (χ4n) is 0.873. The highest BCUT2D eigenvalue weighted by atomic mass is 32.2. The molecule has 0 aliphatic rings. The van der Waals surface area contributed by atoms with E-state index in [0.717, 1.165) is 18.2 Å². The first-order chi connectivity index (χ1) is 5.59. The average Bonchev–Trinajstić information content (AvgIpc) is 1.96. The molecular weight excluding hydrogens is 182 g/mol. The average molecular weight is 190 g/mol. The summed E-state index contributed by atoms with van der Waals surface area (Å²) in [4.78, 5) is 0. The van der Waals surface area contributed by atoms with E-state index in [1.807, 2.05) is 0 Å². The first kappa shape index (κ1) is 9.48. The van der Waals surface area contributed by atoms with E-state index < -0.39 is 22.8 Å². The van der Waals surface area contributed by atoms with Gasteiger partial charge in [-0.25, -0.2) is 8.78 Å². The normalized spacial score (nSPS) is 13.0. The van der Waals surface area contributed by atoms with Gasteiger partial charge in [0.25, 0.3) is 0 Å². The molecule has 0 aliphatic heterocycles. The Morgan fingerprint density at radius 1 is 1.42 bits per heavy atom. The van der Waals surface area contributed by atoms with Gasteiger partial charge in [-0.1, -0.05) is 11.2 Å². The first-order valence-corrected chi connectivity index (χ1v) is 5.06. The molecule has 0 aliphatic carbocycles. The first-order valence-electron chi connectivity index (χ1n) is 3.33. The van der Waals surface area contributed by atoms with Crippen LogP contribution in [0.25, 0.3) is 0 Å². The van der Waals surface area contributed by atoms with Crippen LogP contribution >= 0.6 is 0 Å². The molecule has 66 valence electrons. The molecular formula is C8H8F2OS. The molecule has 1 rings (SSSR count). The number of hydrogen-bond donors (Lipinski definition) is 0. The van der Waals surface area contributed by atoms with E-state index in [1.54, 1.807) is 0 Å². The van der Waals surface area contributed by atoms with Gasteiger partial charge in [-0.3, -0.25) is 0 Å². The van der Waals surface area contributed by atoms with Gasteiger partial charge in [-0.15, -0.1) is 0 Å². The Hall–Kier alpha value is -0.610. The molecule has 0 fully saturated rings. The third-order valence-electron chi connectivity index (χ3n) is 1.37. The minimum absolute atomic E-state index is 0.0591. The molecule has 0 saturated heterocycles. The molecule has 1 nitrogen and oxygen atoms in total. The monoisotopic (exact) mass is 190 g/mol. The van der Waals surface area contributed by atoms with Gasteiger partial charge < -0.3 is 4.55 Å². The Labute approximate surface area is 72.6 Å². The Balaban J connectivity index is 2.90. The van der Waals surface area contributed by atoms with Gasteiger partial charge in [0.15, 0.2) is 0 Å². The highest BCUT2D eigenvalue weighted by molar-refractivity contribution is 7.89. The van der Waals surface area contributed by atoms with Crippen LogP contribution in [0.5, 0.6) is 0 Å². The second-order valence-corrected chi connectivity index (χ2v) is 3.89. The number of hydrogen-bond acceptors (Lipinski definition) is 1. The van der Waals surface area contributed by atoms with Crippen LogP contribution in [0.1, 0.15) is 5.56 Å². The predicted octanol–water partition coefficient (Wildman–Crippen LogP) is 1.84. The van der Waals surface area contributed by atoms with E-state index >= 15 is 0 Å². The van der Waals surface area contributed by atoms with E-state index in [9.17, 15) is 13.3 Å². The van der Waals surface area contributed by atoms with Crippen LogP contribution in [0.2, 0.25) is 0 Å².